The second-order valence-corrected chi connectivity index (χ2v) is 26.9. The highest BCUT2D eigenvalue weighted by molar-refractivity contribution is 5.95. The number of imide groups is 1. The van der Waals surface area contributed by atoms with E-state index in [9.17, 15) is 48.3 Å². The Bertz CT molecular complexity index is 2590. The lowest BCUT2D eigenvalue weighted by atomic mass is 9.64. The predicted molar refractivity (Wildman–Crippen MR) is 329 cm³/mol. The molecule has 4 fully saturated rings. The molecule has 9 amide bonds. The molecule has 4 aliphatic rings. The molecule has 1 aliphatic carbocycles. The van der Waals surface area contributed by atoms with Crippen LogP contribution in [0.15, 0.2) is 42.0 Å². The zero-order chi connectivity index (χ0) is 65.3. The molecule has 1 saturated carbocycles. The number of nitrogens with zero attached hydrogens (tertiary/aromatic N) is 2. The van der Waals surface area contributed by atoms with E-state index in [2.05, 4.69) is 64.1 Å². The first-order chi connectivity index (χ1) is 41.3. The zero-order valence-electron chi connectivity index (χ0n) is 54.6. The monoisotopic (exact) mass is 1240 g/mol. The lowest BCUT2D eigenvalue weighted by Gasteiger charge is -2.43. The Morgan fingerprint density at radius 3 is 2.15 bits per heavy atom. The smallest absolute Gasteiger partial charge is 0.413 e. The van der Waals surface area contributed by atoms with Crippen LogP contribution in [0.4, 0.5) is 9.59 Å². The molecule has 0 aromatic heterocycles. The fraction of sp³-hybridized carbons (Fsp3) is 0.734. The molecule has 1 aromatic rings. The SMILES string of the molecule is COC1C(OC(=O)N2CCC[C@H]2COC(=O)NC(=O)CN(C)CCNC(=O)CNC(=O)[C@H](CC(C)C)NC(=O)[C@H](Cc2ccccc2)NC(=O)CNC(=O)C(C)(CC(C)(CC(C)C)C(=O)NCC(C)O)C(C)C)CC[C@]2(CO2)C1C1(C)O[C@@H]1CC=C(C)C. The Labute approximate surface area is 520 Å². The van der Waals surface area contributed by atoms with Crippen molar-refractivity contribution in [1.29, 1.82) is 0 Å². The van der Waals surface area contributed by atoms with Gasteiger partial charge >= 0.3 is 12.2 Å². The number of benzene rings is 1. The van der Waals surface area contributed by atoms with Gasteiger partial charge in [0.2, 0.25) is 41.4 Å². The van der Waals surface area contributed by atoms with Crippen LogP contribution in [0, 0.1) is 34.5 Å². The van der Waals surface area contributed by atoms with Gasteiger partial charge in [-0.3, -0.25) is 43.8 Å². The number of epoxide rings is 2. The maximum Gasteiger partial charge on any atom is 0.413 e. The summed E-state index contributed by atoms with van der Waals surface area (Å²) in [5, 5.41) is 28.4. The van der Waals surface area contributed by atoms with Crippen molar-refractivity contribution in [1.82, 2.24) is 47.0 Å². The maximum atomic E-state index is 14.1. The van der Waals surface area contributed by atoms with E-state index in [1.54, 1.807) is 69.0 Å². The number of hydrogen-bond donors (Lipinski definition) is 8. The Balaban J connectivity index is 1.05. The van der Waals surface area contributed by atoms with Crippen LogP contribution >= 0.6 is 0 Å². The molecule has 7 unspecified atom stereocenters. The van der Waals surface area contributed by atoms with E-state index in [-0.39, 0.29) is 93.3 Å². The average molecular weight is 1240 g/mol. The summed E-state index contributed by atoms with van der Waals surface area (Å²) in [6.45, 7) is 22.8. The molecule has 8 N–H and O–H groups in total. The third-order valence-electron chi connectivity index (χ3n) is 17.6. The van der Waals surface area contributed by atoms with Gasteiger partial charge in [0.25, 0.3) is 0 Å². The van der Waals surface area contributed by atoms with Gasteiger partial charge < -0.3 is 65.6 Å². The summed E-state index contributed by atoms with van der Waals surface area (Å²) >= 11 is 0. The van der Waals surface area contributed by atoms with Gasteiger partial charge in [0.05, 0.1) is 50.4 Å². The number of likely N-dealkylation sites (tertiary alicyclic amines) is 1. The molecule has 88 heavy (non-hydrogen) atoms. The number of nitrogens with one attached hydrogen (secondary N) is 7. The number of aliphatic hydroxyl groups is 1. The van der Waals surface area contributed by atoms with Crippen molar-refractivity contribution in [2.75, 3.05) is 73.2 Å². The first kappa shape index (κ1) is 72.5. The summed E-state index contributed by atoms with van der Waals surface area (Å²) in [5.41, 5.74) is -1.03. The highest BCUT2D eigenvalue weighted by atomic mass is 16.6. The zero-order valence-corrected chi connectivity index (χ0v) is 54.6. The number of ether oxygens (including phenoxy) is 5. The number of alkyl carbamates (subject to hydrolysis) is 1. The summed E-state index contributed by atoms with van der Waals surface area (Å²) in [4.78, 5) is 125. The summed E-state index contributed by atoms with van der Waals surface area (Å²) in [7, 11) is 3.23. The molecular formula is C64H103N9O15. The highest BCUT2D eigenvalue weighted by Crippen LogP contribution is 2.60. The van der Waals surface area contributed by atoms with E-state index in [4.69, 9.17) is 23.7 Å². The van der Waals surface area contributed by atoms with E-state index in [1.807, 2.05) is 47.6 Å². The molecule has 24 nitrogen and oxygen atoms in total. The summed E-state index contributed by atoms with van der Waals surface area (Å²) in [6.07, 6.45) is 3.06. The Morgan fingerprint density at radius 1 is 0.852 bits per heavy atom. The Hall–Kier alpha value is -6.21. The van der Waals surface area contributed by atoms with Gasteiger partial charge in [-0.15, -0.1) is 0 Å². The van der Waals surface area contributed by atoms with Gasteiger partial charge in [-0.25, -0.2) is 9.59 Å². The van der Waals surface area contributed by atoms with Crippen LogP contribution in [0.2, 0.25) is 0 Å². The first-order valence-electron chi connectivity index (χ1n) is 31.4. The summed E-state index contributed by atoms with van der Waals surface area (Å²) < 4.78 is 30.0. The van der Waals surface area contributed by atoms with Crippen LogP contribution in [0.5, 0.6) is 0 Å². The second-order valence-electron chi connectivity index (χ2n) is 26.9. The number of carbonyl (C=O) groups excluding carboxylic acids is 9. The normalized spacial score (nSPS) is 24.4. The summed E-state index contributed by atoms with van der Waals surface area (Å²) in [6, 6.07) is 6.22. The summed E-state index contributed by atoms with van der Waals surface area (Å²) in [5.74, 6) is -4.26. The number of allylic oxidation sites excluding steroid dienone is 1. The van der Waals surface area contributed by atoms with Crippen molar-refractivity contribution in [3.8, 4) is 0 Å². The minimum absolute atomic E-state index is 0.00306. The quantitative estimate of drug-likeness (QED) is 0.0364. The van der Waals surface area contributed by atoms with Gasteiger partial charge in [0.15, 0.2) is 0 Å². The van der Waals surface area contributed by atoms with Gasteiger partial charge in [-0.1, -0.05) is 97.4 Å². The molecular weight excluding hydrogens is 1130 g/mol. The maximum absolute atomic E-state index is 14.1. The fourth-order valence-electron chi connectivity index (χ4n) is 12.5. The molecule has 0 bridgehead atoms. The minimum atomic E-state index is -1.18. The fourth-order valence-corrected chi connectivity index (χ4v) is 12.5. The van der Waals surface area contributed by atoms with Gasteiger partial charge in [-0.2, -0.15) is 0 Å². The van der Waals surface area contributed by atoms with Crippen LogP contribution in [-0.2, 0) is 63.7 Å². The minimum Gasteiger partial charge on any atom is -0.447 e. The average Bonchev–Trinajstić information content (AvgIpc) is 1.55. The van der Waals surface area contributed by atoms with Crippen molar-refractivity contribution in [3.63, 3.8) is 0 Å². The molecule has 494 valence electrons. The Morgan fingerprint density at radius 2 is 1.53 bits per heavy atom. The van der Waals surface area contributed by atoms with E-state index in [1.165, 1.54) is 5.57 Å². The third kappa shape index (κ3) is 20.9. The lowest BCUT2D eigenvalue weighted by molar-refractivity contribution is -0.142. The lowest BCUT2D eigenvalue weighted by Crippen LogP contribution is -2.56. The van der Waals surface area contributed by atoms with Crippen molar-refractivity contribution < 1.29 is 71.9 Å². The largest absolute Gasteiger partial charge is 0.447 e. The number of rotatable bonds is 33. The van der Waals surface area contributed by atoms with Crippen LogP contribution in [0.25, 0.3) is 0 Å². The number of aliphatic hydroxyl groups excluding tert-OH is 1. The van der Waals surface area contributed by atoms with Crippen LogP contribution < -0.4 is 37.2 Å². The van der Waals surface area contributed by atoms with Crippen LogP contribution in [-0.4, -0.2) is 195 Å². The molecule has 24 heteroatoms. The Kier molecular flexibility index (Phi) is 26.8. The molecule has 1 spiro atoms. The standard InChI is InChI=1S/C64H103N9O15/c1-39(2)22-23-49-63(12,88-49)54-53(84-14)48(24-25-64(54)38-86-64)87-60(83)73-27-18-21-45(73)36-85-59(82)71-52(77)35-72(13)28-26-65-50(75)33-66-55(78)46(29-40(3)4)70-56(79)47(30-44-19-16-15-17-20-44)69-51(76)34-68-58(81)62(11,42(7)8)37-61(10,31-41(5)6)57(80)67-32-43(9)74/h15-17,19-20,22,40-43,45-49,53-54,74H,18,21,23-38H2,1-14H3,(H,65,75)(H,66,78)(H,67,80)(H,68,81)(H,69,76)(H,70,79)(H,71,77,82)/t43?,45-,46-,47-,48?,49+,53?,54?,61?,62?,63?,64-/m0/s1. The van der Waals surface area contributed by atoms with E-state index in [0.717, 1.165) is 6.42 Å². The molecule has 1 aromatic carbocycles. The van der Waals surface area contributed by atoms with Crippen molar-refractivity contribution >= 4 is 53.5 Å². The number of carbonyl (C=O) groups is 9. The molecule has 3 saturated heterocycles. The molecule has 3 aliphatic heterocycles. The molecule has 0 radical (unpaired) electrons. The number of methoxy groups -OCH3 is 1. The van der Waals surface area contributed by atoms with Crippen LogP contribution in [0.3, 0.4) is 0 Å². The number of amides is 9. The van der Waals surface area contributed by atoms with Gasteiger partial charge in [0, 0.05) is 50.5 Å². The molecule has 5 rings (SSSR count). The van der Waals surface area contributed by atoms with E-state index < -0.39 is 114 Å². The second kappa shape index (κ2) is 32.5. The predicted octanol–water partition coefficient (Wildman–Crippen LogP) is 4.06. The number of likely N-dealkylation sites (N-methyl/N-ethyl adjacent to an activating group) is 1. The first-order valence-corrected chi connectivity index (χ1v) is 31.4. The van der Waals surface area contributed by atoms with Gasteiger partial charge in [0.1, 0.15) is 42.1 Å². The topological polar surface area (TPSA) is 317 Å². The van der Waals surface area contributed by atoms with E-state index in [0.29, 0.717) is 50.8 Å². The molecule has 3 heterocycles. The van der Waals surface area contributed by atoms with E-state index >= 15 is 0 Å². The van der Waals surface area contributed by atoms with Crippen molar-refractivity contribution in [2.24, 2.45) is 34.5 Å². The third-order valence-corrected chi connectivity index (χ3v) is 17.6. The van der Waals surface area contributed by atoms with Crippen molar-refractivity contribution in [3.05, 3.63) is 47.5 Å². The van der Waals surface area contributed by atoms with Gasteiger partial charge in [-0.05, 0) is 109 Å². The number of hydrogen-bond acceptors (Lipinski definition) is 16. The highest BCUT2D eigenvalue weighted by Gasteiger charge is 2.72. The van der Waals surface area contributed by atoms with Crippen LogP contribution in [0.1, 0.15) is 140 Å². The van der Waals surface area contributed by atoms with Crippen molar-refractivity contribution in [2.45, 2.75) is 195 Å². The molecule has 12 atom stereocenters.